The van der Waals surface area contributed by atoms with Crippen molar-refractivity contribution in [2.75, 3.05) is 18.1 Å². The number of sulfone groups is 1. The molecular formula is C12H24N2O3S. The van der Waals surface area contributed by atoms with Crippen LogP contribution in [0.5, 0.6) is 0 Å². The van der Waals surface area contributed by atoms with Gasteiger partial charge in [-0.2, -0.15) is 0 Å². The first-order valence-electron chi connectivity index (χ1n) is 6.40. The molecule has 0 radical (unpaired) electrons. The minimum atomic E-state index is -2.91. The summed E-state index contributed by atoms with van der Waals surface area (Å²) in [5.74, 6) is 0.451. The van der Waals surface area contributed by atoms with E-state index in [-0.39, 0.29) is 35.7 Å². The van der Waals surface area contributed by atoms with E-state index in [4.69, 9.17) is 5.73 Å². The van der Waals surface area contributed by atoms with Crippen LogP contribution in [0.1, 0.15) is 33.6 Å². The van der Waals surface area contributed by atoms with Crippen molar-refractivity contribution in [2.24, 2.45) is 17.6 Å². The van der Waals surface area contributed by atoms with Crippen LogP contribution in [0.2, 0.25) is 0 Å². The Kier molecular flexibility index (Phi) is 4.78. The molecule has 18 heavy (non-hydrogen) atoms. The lowest BCUT2D eigenvalue weighted by Crippen LogP contribution is -2.55. The summed E-state index contributed by atoms with van der Waals surface area (Å²) < 4.78 is 22.6. The van der Waals surface area contributed by atoms with Gasteiger partial charge in [0.25, 0.3) is 0 Å². The molecule has 2 unspecified atom stereocenters. The van der Waals surface area contributed by atoms with E-state index in [0.29, 0.717) is 13.0 Å². The summed E-state index contributed by atoms with van der Waals surface area (Å²) in [5.41, 5.74) is 5.27. The zero-order valence-electron chi connectivity index (χ0n) is 11.4. The topological polar surface area (TPSA) is 89.3 Å². The molecule has 0 spiro atoms. The molecule has 0 aromatic carbocycles. The maximum Gasteiger partial charge on any atom is 0.220 e. The Morgan fingerprint density at radius 1 is 1.50 bits per heavy atom. The van der Waals surface area contributed by atoms with Crippen molar-refractivity contribution in [3.63, 3.8) is 0 Å². The van der Waals surface area contributed by atoms with Crippen molar-refractivity contribution in [2.45, 2.75) is 39.2 Å². The van der Waals surface area contributed by atoms with Crippen LogP contribution in [0.15, 0.2) is 0 Å². The smallest absolute Gasteiger partial charge is 0.220 e. The van der Waals surface area contributed by atoms with Crippen LogP contribution < -0.4 is 11.1 Å². The molecule has 0 aromatic heterocycles. The number of carbonyl (C=O) groups is 1. The molecular weight excluding hydrogens is 252 g/mol. The highest BCUT2D eigenvalue weighted by molar-refractivity contribution is 7.91. The van der Waals surface area contributed by atoms with Gasteiger partial charge >= 0.3 is 0 Å². The molecule has 0 bridgehead atoms. The molecule has 5 nitrogen and oxygen atoms in total. The second kappa shape index (κ2) is 5.57. The van der Waals surface area contributed by atoms with Gasteiger partial charge in [0, 0.05) is 13.0 Å². The Bertz CT molecular complexity index is 406. The van der Waals surface area contributed by atoms with E-state index in [1.165, 1.54) is 0 Å². The lowest BCUT2D eigenvalue weighted by molar-refractivity contribution is -0.124. The van der Waals surface area contributed by atoms with Crippen LogP contribution in [-0.4, -0.2) is 37.9 Å². The molecule has 1 saturated heterocycles. The Labute approximate surface area is 109 Å². The number of hydrogen-bond acceptors (Lipinski definition) is 4. The Balaban J connectivity index is 2.52. The Morgan fingerprint density at radius 3 is 2.50 bits per heavy atom. The number of rotatable bonds is 5. The molecule has 1 aliphatic rings. The van der Waals surface area contributed by atoms with E-state index in [2.05, 4.69) is 5.32 Å². The average Bonchev–Trinajstić information content (AvgIpc) is 2.57. The first-order valence-corrected chi connectivity index (χ1v) is 8.22. The normalized spacial score (nSPS) is 25.9. The number of hydrogen-bond donors (Lipinski definition) is 2. The van der Waals surface area contributed by atoms with Gasteiger partial charge in [-0.1, -0.05) is 13.8 Å². The lowest BCUT2D eigenvalue weighted by atomic mass is 9.88. The maximum absolute atomic E-state index is 11.9. The fourth-order valence-corrected chi connectivity index (χ4v) is 3.96. The third-order valence-corrected chi connectivity index (χ3v) is 5.76. The standard InChI is InChI=1S/C12H24N2O3S/c1-9(2)12(3,8-13)14-11(15)6-10-4-5-18(16,17)7-10/h9-10H,4-8,13H2,1-3H3,(H,14,15). The number of nitrogens with one attached hydrogen (secondary N) is 1. The van der Waals surface area contributed by atoms with Gasteiger partial charge < -0.3 is 11.1 Å². The van der Waals surface area contributed by atoms with Crippen molar-refractivity contribution < 1.29 is 13.2 Å². The molecule has 6 heteroatoms. The highest BCUT2D eigenvalue weighted by Crippen LogP contribution is 2.22. The van der Waals surface area contributed by atoms with E-state index < -0.39 is 15.4 Å². The van der Waals surface area contributed by atoms with Gasteiger partial charge in [-0.3, -0.25) is 4.79 Å². The van der Waals surface area contributed by atoms with Crippen LogP contribution in [-0.2, 0) is 14.6 Å². The summed E-state index contributed by atoms with van der Waals surface area (Å²) in [6, 6.07) is 0. The zero-order valence-corrected chi connectivity index (χ0v) is 12.2. The SMILES string of the molecule is CC(C)C(C)(CN)NC(=O)CC1CCS(=O)(=O)C1. The predicted molar refractivity (Wildman–Crippen MR) is 71.8 cm³/mol. The number of carbonyl (C=O) groups excluding carboxylic acids is 1. The van der Waals surface area contributed by atoms with Crippen LogP contribution >= 0.6 is 0 Å². The molecule has 0 saturated carbocycles. The van der Waals surface area contributed by atoms with Gasteiger partial charge in [-0.05, 0) is 25.2 Å². The minimum Gasteiger partial charge on any atom is -0.349 e. The van der Waals surface area contributed by atoms with E-state index in [9.17, 15) is 13.2 Å². The largest absolute Gasteiger partial charge is 0.349 e. The Hall–Kier alpha value is -0.620. The fourth-order valence-electron chi connectivity index (χ4n) is 2.10. The summed E-state index contributed by atoms with van der Waals surface area (Å²) >= 11 is 0. The minimum absolute atomic E-state index is 0.0378. The first kappa shape index (κ1) is 15.4. The fraction of sp³-hybridized carbons (Fsp3) is 0.917. The zero-order chi connectivity index (χ0) is 14.0. The number of nitrogens with two attached hydrogens (primary N) is 1. The van der Waals surface area contributed by atoms with E-state index in [1.54, 1.807) is 0 Å². The quantitative estimate of drug-likeness (QED) is 0.756. The lowest BCUT2D eigenvalue weighted by Gasteiger charge is -2.33. The highest BCUT2D eigenvalue weighted by atomic mass is 32.2. The third kappa shape index (κ3) is 3.95. The molecule has 106 valence electrons. The summed E-state index contributed by atoms with van der Waals surface area (Å²) in [6.07, 6.45) is 0.873. The second-order valence-corrected chi connectivity index (χ2v) is 8.03. The molecule has 1 fully saturated rings. The summed E-state index contributed by atoms with van der Waals surface area (Å²) in [6.45, 7) is 6.31. The summed E-state index contributed by atoms with van der Waals surface area (Å²) in [4.78, 5) is 11.9. The van der Waals surface area contributed by atoms with Crippen molar-refractivity contribution in [3.05, 3.63) is 0 Å². The molecule has 1 aliphatic heterocycles. The highest BCUT2D eigenvalue weighted by Gasteiger charge is 2.32. The van der Waals surface area contributed by atoms with Crippen LogP contribution in [0.3, 0.4) is 0 Å². The molecule has 0 aromatic rings. The van der Waals surface area contributed by atoms with Crippen molar-refractivity contribution >= 4 is 15.7 Å². The molecule has 3 N–H and O–H groups in total. The van der Waals surface area contributed by atoms with Gasteiger partial charge in [-0.15, -0.1) is 0 Å². The third-order valence-electron chi connectivity index (χ3n) is 3.92. The van der Waals surface area contributed by atoms with Crippen molar-refractivity contribution in [3.8, 4) is 0 Å². The predicted octanol–water partition coefficient (Wildman–Crippen LogP) is 0.301. The second-order valence-electron chi connectivity index (χ2n) is 5.80. The van der Waals surface area contributed by atoms with Crippen LogP contribution in [0.4, 0.5) is 0 Å². The molecule has 1 rings (SSSR count). The van der Waals surface area contributed by atoms with E-state index in [1.807, 2.05) is 20.8 Å². The monoisotopic (exact) mass is 276 g/mol. The molecule has 1 heterocycles. The summed E-state index contributed by atoms with van der Waals surface area (Å²) in [5, 5.41) is 2.94. The van der Waals surface area contributed by atoms with Gasteiger partial charge in [0.1, 0.15) is 0 Å². The van der Waals surface area contributed by atoms with Crippen LogP contribution in [0.25, 0.3) is 0 Å². The molecule has 0 aliphatic carbocycles. The van der Waals surface area contributed by atoms with Gasteiger partial charge in [-0.25, -0.2) is 8.42 Å². The number of amides is 1. The van der Waals surface area contributed by atoms with Gasteiger partial charge in [0.15, 0.2) is 9.84 Å². The first-order chi connectivity index (χ1) is 8.18. The van der Waals surface area contributed by atoms with E-state index in [0.717, 1.165) is 0 Å². The van der Waals surface area contributed by atoms with Crippen molar-refractivity contribution in [1.29, 1.82) is 0 Å². The summed E-state index contributed by atoms with van der Waals surface area (Å²) in [7, 11) is -2.91. The Morgan fingerprint density at radius 2 is 2.11 bits per heavy atom. The average molecular weight is 276 g/mol. The molecule has 1 amide bonds. The van der Waals surface area contributed by atoms with Crippen LogP contribution in [0, 0.1) is 11.8 Å². The van der Waals surface area contributed by atoms with Crippen molar-refractivity contribution in [1.82, 2.24) is 5.32 Å². The molecule has 2 atom stereocenters. The van der Waals surface area contributed by atoms with Gasteiger partial charge in [0.2, 0.25) is 5.91 Å². The maximum atomic E-state index is 11.9. The van der Waals surface area contributed by atoms with E-state index >= 15 is 0 Å². The van der Waals surface area contributed by atoms with Gasteiger partial charge in [0.05, 0.1) is 17.0 Å².